The summed E-state index contributed by atoms with van der Waals surface area (Å²) < 4.78 is 36.3. The highest BCUT2D eigenvalue weighted by Gasteiger charge is 2.42. The molecule has 1 spiro atoms. The fourth-order valence-corrected chi connectivity index (χ4v) is 7.23. The number of hydrogen-bond acceptors (Lipinski definition) is 9. The van der Waals surface area contributed by atoms with E-state index in [1.54, 1.807) is 4.90 Å². The molecule has 13 heteroatoms. The zero-order chi connectivity index (χ0) is 37.1. The third-order valence-corrected chi connectivity index (χ3v) is 10.3. The summed E-state index contributed by atoms with van der Waals surface area (Å²) in [5.74, 6) is 0.304. The Labute approximate surface area is 305 Å². The third kappa shape index (κ3) is 9.67. The number of halogens is 2. The smallest absolute Gasteiger partial charge is 0.407 e. The summed E-state index contributed by atoms with van der Waals surface area (Å²) >= 11 is 0. The van der Waals surface area contributed by atoms with Gasteiger partial charge in [0.05, 0.1) is 17.8 Å². The maximum atomic E-state index is 15.6. The molecule has 1 aromatic heterocycles. The predicted molar refractivity (Wildman–Crippen MR) is 198 cm³/mol. The third-order valence-electron chi connectivity index (χ3n) is 10.3. The molecule has 0 aliphatic carbocycles. The molecule has 0 radical (unpaired) electrons. The summed E-state index contributed by atoms with van der Waals surface area (Å²) in [4.78, 5) is 40.0. The number of carbonyl (C=O) groups is 2. The van der Waals surface area contributed by atoms with Gasteiger partial charge in [0.25, 0.3) is 0 Å². The van der Waals surface area contributed by atoms with Crippen LogP contribution in [-0.4, -0.2) is 77.3 Å². The van der Waals surface area contributed by atoms with Gasteiger partial charge in [0, 0.05) is 57.0 Å². The fraction of sp³-hybridized carbons (Fsp3) is 0.538. The lowest BCUT2D eigenvalue weighted by Crippen LogP contribution is -2.66. The van der Waals surface area contributed by atoms with Gasteiger partial charge in [0.2, 0.25) is 5.91 Å². The van der Waals surface area contributed by atoms with Gasteiger partial charge in [0.15, 0.2) is 0 Å². The Balaban J connectivity index is 1.03. The number of amides is 2. The Bertz CT molecular complexity index is 1750. The predicted octanol–water partition coefficient (Wildman–Crippen LogP) is 5.99. The Morgan fingerprint density at radius 3 is 2.35 bits per heavy atom. The molecule has 6 rings (SSSR count). The first-order valence-corrected chi connectivity index (χ1v) is 18.3. The minimum Gasteiger partial charge on any atom is -0.444 e. The normalized spacial score (nSPS) is 18.9. The maximum absolute atomic E-state index is 15.6. The van der Waals surface area contributed by atoms with Crippen molar-refractivity contribution < 1.29 is 23.1 Å². The van der Waals surface area contributed by atoms with Crippen molar-refractivity contribution in [1.29, 1.82) is 0 Å². The van der Waals surface area contributed by atoms with E-state index < -0.39 is 28.9 Å². The van der Waals surface area contributed by atoms with Crippen molar-refractivity contribution in [3.8, 4) is 0 Å². The highest BCUT2D eigenvalue weighted by molar-refractivity contribution is 5.84. The van der Waals surface area contributed by atoms with Gasteiger partial charge in [0.1, 0.15) is 35.2 Å². The largest absolute Gasteiger partial charge is 0.444 e. The molecule has 3 aliphatic rings. The molecule has 280 valence electrons. The SMILES string of the molecule is CC1(C)CCN(Cc2cc(F)c(N3CC(=O)NC4(CCN(c5cc(NCc6cccc(CNC(=O)OC(C)(C)C)c6)ncn5)CC4)C3)cc2F)CC1. The highest BCUT2D eigenvalue weighted by atomic mass is 19.1. The topological polar surface area (TPSA) is 115 Å². The first kappa shape index (κ1) is 37.2. The van der Waals surface area contributed by atoms with Gasteiger partial charge in [-0.2, -0.15) is 0 Å². The van der Waals surface area contributed by atoms with Crippen molar-refractivity contribution >= 4 is 29.3 Å². The van der Waals surface area contributed by atoms with Gasteiger partial charge in [-0.25, -0.2) is 23.5 Å². The number of rotatable bonds is 9. The second-order valence-electron chi connectivity index (χ2n) is 16.3. The molecule has 3 N–H and O–H groups in total. The molecule has 0 atom stereocenters. The molecule has 0 bridgehead atoms. The standard InChI is InChI=1S/C39H52F2N8O3/c1-37(2,3)52-36(51)43-22-28-8-6-7-27(17-28)21-42-33-20-34(45-26-44-33)48-15-11-39(12-16-48)25-49(24-35(50)46-39)32-19-30(40)29(18-31(32)41)23-47-13-9-38(4,5)10-14-47/h6-8,17-20,26H,9-16,21-25H2,1-5H3,(H,43,51)(H,46,50)(H,42,44,45). The molecular formula is C39H52F2N8O3. The van der Waals surface area contributed by atoms with E-state index in [0.717, 1.165) is 42.9 Å². The zero-order valence-corrected chi connectivity index (χ0v) is 31.0. The lowest BCUT2D eigenvalue weighted by atomic mass is 9.82. The Morgan fingerprint density at radius 1 is 0.923 bits per heavy atom. The molecule has 0 unspecified atom stereocenters. The zero-order valence-electron chi connectivity index (χ0n) is 31.0. The maximum Gasteiger partial charge on any atom is 0.407 e. The van der Waals surface area contributed by atoms with Crippen molar-refractivity contribution in [1.82, 2.24) is 25.5 Å². The van der Waals surface area contributed by atoms with Crippen molar-refractivity contribution in [3.63, 3.8) is 0 Å². The monoisotopic (exact) mass is 718 g/mol. The van der Waals surface area contributed by atoms with Gasteiger partial charge in [-0.3, -0.25) is 9.69 Å². The van der Waals surface area contributed by atoms with Gasteiger partial charge < -0.3 is 30.5 Å². The van der Waals surface area contributed by atoms with E-state index in [-0.39, 0.29) is 23.6 Å². The van der Waals surface area contributed by atoms with E-state index in [0.29, 0.717) is 63.5 Å². The summed E-state index contributed by atoms with van der Waals surface area (Å²) in [5.41, 5.74) is 1.62. The van der Waals surface area contributed by atoms with Crippen molar-refractivity contribution in [3.05, 3.63) is 77.1 Å². The molecular weight excluding hydrogens is 666 g/mol. The summed E-state index contributed by atoms with van der Waals surface area (Å²) in [7, 11) is 0. The lowest BCUT2D eigenvalue weighted by Gasteiger charge is -2.48. The van der Waals surface area contributed by atoms with E-state index in [2.05, 4.69) is 49.6 Å². The Kier molecular flexibility index (Phi) is 10.9. The molecule has 3 saturated heterocycles. The van der Waals surface area contributed by atoms with Crippen LogP contribution < -0.4 is 25.8 Å². The van der Waals surface area contributed by atoms with E-state index >= 15 is 8.78 Å². The van der Waals surface area contributed by atoms with Crippen LogP contribution in [0.25, 0.3) is 0 Å². The number of aromatic nitrogens is 2. The number of hydrogen-bond donors (Lipinski definition) is 3. The number of nitrogens with zero attached hydrogens (tertiary/aromatic N) is 5. The number of anilines is 3. The van der Waals surface area contributed by atoms with Crippen molar-refractivity contribution in [2.75, 3.05) is 54.4 Å². The molecule has 3 fully saturated rings. The number of nitrogens with one attached hydrogen (secondary N) is 3. The second-order valence-corrected chi connectivity index (χ2v) is 16.3. The van der Waals surface area contributed by atoms with Crippen LogP contribution in [0.1, 0.15) is 77.0 Å². The number of benzene rings is 2. The van der Waals surface area contributed by atoms with Crippen LogP contribution in [0.2, 0.25) is 0 Å². The average Bonchev–Trinajstić information content (AvgIpc) is 3.08. The van der Waals surface area contributed by atoms with Crippen LogP contribution in [0.3, 0.4) is 0 Å². The van der Waals surface area contributed by atoms with Crippen LogP contribution >= 0.6 is 0 Å². The van der Waals surface area contributed by atoms with Crippen molar-refractivity contribution in [2.24, 2.45) is 5.41 Å². The number of piperazine rings is 1. The Morgan fingerprint density at radius 2 is 1.63 bits per heavy atom. The minimum absolute atomic E-state index is 0.0214. The van der Waals surface area contributed by atoms with Crippen LogP contribution in [0.15, 0.2) is 48.8 Å². The van der Waals surface area contributed by atoms with Gasteiger partial charge in [-0.15, -0.1) is 0 Å². The van der Waals surface area contributed by atoms with Gasteiger partial charge in [-0.05, 0) is 82.2 Å². The number of likely N-dealkylation sites (tertiary alicyclic amines) is 1. The summed E-state index contributed by atoms with van der Waals surface area (Å²) in [6.07, 6.45) is 4.38. The first-order valence-electron chi connectivity index (χ1n) is 18.3. The fourth-order valence-electron chi connectivity index (χ4n) is 7.23. The molecule has 2 amide bonds. The van der Waals surface area contributed by atoms with Crippen LogP contribution in [0.4, 0.5) is 30.9 Å². The second kappa shape index (κ2) is 15.2. The summed E-state index contributed by atoms with van der Waals surface area (Å²) in [6.45, 7) is 14.6. The quantitative estimate of drug-likeness (QED) is 0.246. The van der Waals surface area contributed by atoms with Crippen LogP contribution in [0, 0.1) is 17.0 Å². The van der Waals surface area contributed by atoms with Gasteiger partial charge in [-0.1, -0.05) is 38.1 Å². The lowest BCUT2D eigenvalue weighted by molar-refractivity contribution is -0.123. The summed E-state index contributed by atoms with van der Waals surface area (Å²) in [6, 6.07) is 12.4. The average molecular weight is 719 g/mol. The van der Waals surface area contributed by atoms with E-state index in [9.17, 15) is 9.59 Å². The number of piperidine rings is 2. The first-order chi connectivity index (χ1) is 24.6. The van der Waals surface area contributed by atoms with Crippen LogP contribution in [0.5, 0.6) is 0 Å². The number of ether oxygens (including phenoxy) is 1. The van der Waals surface area contributed by atoms with E-state index in [1.165, 1.54) is 18.5 Å². The van der Waals surface area contributed by atoms with Gasteiger partial charge >= 0.3 is 6.09 Å². The molecule has 52 heavy (non-hydrogen) atoms. The molecule has 2 aromatic carbocycles. The summed E-state index contributed by atoms with van der Waals surface area (Å²) in [5, 5.41) is 9.34. The minimum atomic E-state index is -0.564. The molecule has 0 saturated carbocycles. The highest BCUT2D eigenvalue weighted by Crippen LogP contribution is 2.34. The molecule has 3 aliphatic heterocycles. The molecule has 4 heterocycles. The van der Waals surface area contributed by atoms with Crippen molar-refractivity contribution in [2.45, 2.75) is 91.1 Å². The molecule has 11 nitrogen and oxygen atoms in total. The van der Waals surface area contributed by atoms with E-state index in [1.807, 2.05) is 51.1 Å². The number of alkyl carbamates (subject to hydrolysis) is 1. The number of carbonyl (C=O) groups excluding carboxylic acids is 2. The van der Waals surface area contributed by atoms with E-state index in [4.69, 9.17) is 4.74 Å². The molecule has 3 aromatic rings. The van der Waals surface area contributed by atoms with Crippen LogP contribution in [-0.2, 0) is 29.2 Å². The Hall–Kier alpha value is -4.52.